The summed E-state index contributed by atoms with van der Waals surface area (Å²) < 4.78 is 0. The van der Waals surface area contributed by atoms with Gasteiger partial charge in [-0.05, 0) is 31.4 Å². The number of para-hydroxylation sites is 2. The lowest BCUT2D eigenvalue weighted by atomic mass is 9.98. The summed E-state index contributed by atoms with van der Waals surface area (Å²) in [6, 6.07) is 8.25. The van der Waals surface area contributed by atoms with Crippen molar-refractivity contribution in [3.8, 4) is 0 Å². The predicted molar refractivity (Wildman–Crippen MR) is 70.5 cm³/mol. The Hall–Kier alpha value is -1.18. The molecule has 0 amide bonds. The van der Waals surface area contributed by atoms with E-state index in [4.69, 9.17) is 9.98 Å². The summed E-state index contributed by atoms with van der Waals surface area (Å²) in [6.45, 7) is 4.46. The Kier molecular flexibility index (Phi) is 3.93. The van der Waals surface area contributed by atoms with Gasteiger partial charge >= 0.3 is 0 Å². The van der Waals surface area contributed by atoms with Gasteiger partial charge in [-0.25, -0.2) is 0 Å². The Morgan fingerprint density at radius 3 is 2.06 bits per heavy atom. The SMILES string of the molecule is CCCCCC1(CCC)N=c2ccccc2=N1. The van der Waals surface area contributed by atoms with Crippen LogP contribution in [0.1, 0.15) is 52.4 Å². The molecule has 92 valence electrons. The molecule has 0 aliphatic carbocycles. The van der Waals surface area contributed by atoms with Crippen LogP contribution in [0.25, 0.3) is 0 Å². The van der Waals surface area contributed by atoms with Crippen molar-refractivity contribution in [1.29, 1.82) is 0 Å². The van der Waals surface area contributed by atoms with E-state index < -0.39 is 0 Å². The van der Waals surface area contributed by atoms with Crippen LogP contribution in [-0.4, -0.2) is 5.66 Å². The van der Waals surface area contributed by atoms with Crippen molar-refractivity contribution in [2.24, 2.45) is 9.98 Å². The second-order valence-electron chi connectivity index (χ2n) is 4.90. The molecular weight excluding hydrogens is 208 g/mol. The quantitative estimate of drug-likeness (QED) is 0.671. The average molecular weight is 230 g/mol. The monoisotopic (exact) mass is 230 g/mol. The van der Waals surface area contributed by atoms with Crippen LogP contribution in [-0.2, 0) is 0 Å². The highest BCUT2D eigenvalue weighted by Gasteiger charge is 2.29. The smallest absolute Gasteiger partial charge is 0.151 e. The molecule has 2 heteroatoms. The van der Waals surface area contributed by atoms with E-state index in [0.717, 1.165) is 30.0 Å². The molecule has 0 N–H and O–H groups in total. The van der Waals surface area contributed by atoms with Crippen LogP contribution in [0.15, 0.2) is 34.3 Å². The van der Waals surface area contributed by atoms with Crippen LogP contribution in [0.5, 0.6) is 0 Å². The molecule has 0 saturated carbocycles. The van der Waals surface area contributed by atoms with E-state index in [2.05, 4.69) is 26.0 Å². The predicted octanol–water partition coefficient (Wildman–Crippen LogP) is 3.02. The first-order valence-corrected chi connectivity index (χ1v) is 6.84. The topological polar surface area (TPSA) is 24.7 Å². The van der Waals surface area contributed by atoms with Crippen LogP contribution in [0.3, 0.4) is 0 Å². The van der Waals surface area contributed by atoms with Gasteiger partial charge in [0, 0.05) is 0 Å². The van der Waals surface area contributed by atoms with E-state index in [1.807, 2.05) is 12.1 Å². The van der Waals surface area contributed by atoms with Crippen molar-refractivity contribution in [3.63, 3.8) is 0 Å². The maximum atomic E-state index is 4.88. The molecule has 0 aromatic heterocycles. The van der Waals surface area contributed by atoms with Gasteiger partial charge < -0.3 is 0 Å². The molecule has 0 saturated heterocycles. The van der Waals surface area contributed by atoms with Gasteiger partial charge in [0.2, 0.25) is 0 Å². The highest BCUT2D eigenvalue weighted by atomic mass is 15.1. The minimum absolute atomic E-state index is 0.145. The fourth-order valence-corrected chi connectivity index (χ4v) is 2.53. The van der Waals surface area contributed by atoms with Gasteiger partial charge in [0.1, 0.15) is 0 Å². The molecule has 0 spiro atoms. The summed E-state index contributed by atoms with van der Waals surface area (Å²) in [6.07, 6.45) is 7.10. The zero-order chi connectivity index (χ0) is 12.1. The molecule has 1 aromatic carbocycles. The number of nitrogens with zero attached hydrogens (tertiary/aromatic N) is 2. The Labute approximate surface area is 104 Å². The van der Waals surface area contributed by atoms with Crippen LogP contribution < -0.4 is 10.7 Å². The second kappa shape index (κ2) is 5.44. The van der Waals surface area contributed by atoms with Gasteiger partial charge in [0.15, 0.2) is 5.66 Å². The first kappa shape index (κ1) is 12.3. The molecule has 1 aliphatic heterocycles. The molecule has 0 unspecified atom stereocenters. The molecule has 17 heavy (non-hydrogen) atoms. The Bertz CT molecular complexity index is 441. The normalized spacial score (nSPS) is 16.1. The summed E-state index contributed by atoms with van der Waals surface area (Å²) in [7, 11) is 0. The molecule has 1 aliphatic rings. The third-order valence-corrected chi connectivity index (χ3v) is 3.37. The largest absolute Gasteiger partial charge is 0.253 e. The van der Waals surface area contributed by atoms with Gasteiger partial charge in [-0.15, -0.1) is 0 Å². The van der Waals surface area contributed by atoms with E-state index in [1.165, 1.54) is 19.3 Å². The average Bonchev–Trinajstić information content (AvgIpc) is 2.68. The van der Waals surface area contributed by atoms with Gasteiger partial charge in [-0.3, -0.25) is 9.98 Å². The number of benzene rings is 1. The summed E-state index contributed by atoms with van der Waals surface area (Å²) in [4.78, 5) is 9.76. The van der Waals surface area contributed by atoms with Crippen molar-refractivity contribution in [2.45, 2.75) is 58.0 Å². The van der Waals surface area contributed by atoms with Crippen molar-refractivity contribution >= 4 is 0 Å². The standard InChI is InChI=1S/C15H22N2/c1-3-5-8-12-15(11-4-2)16-13-9-6-7-10-14(13)17-15/h6-7,9-10H,3-5,8,11-12H2,1-2H3. The van der Waals surface area contributed by atoms with Gasteiger partial charge in [0.25, 0.3) is 0 Å². The fourth-order valence-electron chi connectivity index (χ4n) is 2.53. The van der Waals surface area contributed by atoms with E-state index in [9.17, 15) is 0 Å². The van der Waals surface area contributed by atoms with Gasteiger partial charge in [-0.1, -0.05) is 45.2 Å². The van der Waals surface area contributed by atoms with Crippen molar-refractivity contribution in [2.75, 3.05) is 0 Å². The first-order chi connectivity index (χ1) is 8.29. The summed E-state index contributed by atoms with van der Waals surface area (Å²) >= 11 is 0. The Morgan fingerprint density at radius 2 is 1.53 bits per heavy atom. The number of rotatable bonds is 6. The highest BCUT2D eigenvalue weighted by Crippen LogP contribution is 2.27. The van der Waals surface area contributed by atoms with E-state index in [-0.39, 0.29) is 5.66 Å². The van der Waals surface area contributed by atoms with Crippen LogP contribution >= 0.6 is 0 Å². The Morgan fingerprint density at radius 1 is 0.882 bits per heavy atom. The van der Waals surface area contributed by atoms with E-state index >= 15 is 0 Å². The molecule has 1 heterocycles. The zero-order valence-electron chi connectivity index (χ0n) is 10.9. The number of hydrogen-bond donors (Lipinski definition) is 0. The van der Waals surface area contributed by atoms with E-state index in [1.54, 1.807) is 0 Å². The lowest BCUT2D eigenvalue weighted by Gasteiger charge is -2.22. The van der Waals surface area contributed by atoms with Crippen LogP contribution in [0.4, 0.5) is 0 Å². The van der Waals surface area contributed by atoms with E-state index in [0.29, 0.717) is 0 Å². The first-order valence-electron chi connectivity index (χ1n) is 6.84. The van der Waals surface area contributed by atoms with Crippen molar-refractivity contribution in [1.82, 2.24) is 0 Å². The number of unbranched alkanes of at least 4 members (excludes halogenated alkanes) is 2. The second-order valence-corrected chi connectivity index (χ2v) is 4.90. The molecule has 0 fully saturated rings. The third kappa shape index (κ3) is 2.74. The highest BCUT2D eigenvalue weighted by molar-refractivity contribution is 5.07. The summed E-state index contributed by atoms with van der Waals surface area (Å²) in [5, 5.41) is 2.16. The van der Waals surface area contributed by atoms with Crippen molar-refractivity contribution < 1.29 is 0 Å². The maximum Gasteiger partial charge on any atom is 0.151 e. The molecule has 1 aromatic rings. The Balaban J connectivity index is 2.23. The van der Waals surface area contributed by atoms with Crippen molar-refractivity contribution in [3.05, 3.63) is 35.0 Å². The third-order valence-electron chi connectivity index (χ3n) is 3.37. The molecule has 2 nitrogen and oxygen atoms in total. The molecule has 0 radical (unpaired) electrons. The summed E-state index contributed by atoms with van der Waals surface area (Å²) in [5.74, 6) is 0. The number of hydrogen-bond acceptors (Lipinski definition) is 2. The zero-order valence-corrected chi connectivity index (χ0v) is 10.9. The molecular formula is C15H22N2. The fraction of sp³-hybridized carbons (Fsp3) is 0.600. The number of fused-ring (bicyclic) bond motifs is 1. The van der Waals surface area contributed by atoms with Crippen LogP contribution in [0.2, 0.25) is 0 Å². The lowest BCUT2D eigenvalue weighted by molar-refractivity contribution is 0.363. The maximum absolute atomic E-state index is 4.88. The lowest BCUT2D eigenvalue weighted by Crippen LogP contribution is -2.22. The summed E-state index contributed by atoms with van der Waals surface area (Å²) in [5.41, 5.74) is -0.145. The molecule has 0 atom stereocenters. The minimum atomic E-state index is -0.145. The minimum Gasteiger partial charge on any atom is -0.253 e. The van der Waals surface area contributed by atoms with Gasteiger partial charge in [-0.2, -0.15) is 0 Å². The molecule has 2 rings (SSSR count). The molecule has 0 bridgehead atoms. The van der Waals surface area contributed by atoms with Gasteiger partial charge in [0.05, 0.1) is 10.7 Å². The van der Waals surface area contributed by atoms with Crippen LogP contribution in [0, 0.1) is 0 Å².